The van der Waals surface area contributed by atoms with Gasteiger partial charge in [0.2, 0.25) is 0 Å². The van der Waals surface area contributed by atoms with Crippen LogP contribution in [0, 0.1) is 0 Å². The molecule has 0 unspecified atom stereocenters. The zero-order valence-electron chi connectivity index (χ0n) is 7.23. The van der Waals surface area contributed by atoms with Crippen molar-refractivity contribution in [2.24, 2.45) is 0 Å². The van der Waals surface area contributed by atoms with Crippen molar-refractivity contribution in [2.45, 2.75) is 13.0 Å². The van der Waals surface area contributed by atoms with Crippen molar-refractivity contribution in [3.8, 4) is 0 Å². The summed E-state index contributed by atoms with van der Waals surface area (Å²) >= 11 is 3.90. The number of Topliss-reactive ketones (excluding diaryl/α,β-unsaturated/α-hetero) is 1. The largest absolute Gasteiger partial charge is 0.392 e. The molecule has 70 valence electrons. The van der Waals surface area contributed by atoms with Gasteiger partial charge in [0.25, 0.3) is 0 Å². The maximum absolute atomic E-state index is 11.1. The molecule has 0 saturated carbocycles. The van der Waals surface area contributed by atoms with Crippen LogP contribution >= 0.6 is 12.6 Å². The van der Waals surface area contributed by atoms with E-state index in [2.05, 4.69) is 12.6 Å². The summed E-state index contributed by atoms with van der Waals surface area (Å²) in [7, 11) is 0. The Hall–Kier alpha value is -0.800. The Labute approximate surface area is 83.0 Å². The average molecular weight is 196 g/mol. The Kier molecular flexibility index (Phi) is 3.99. The zero-order chi connectivity index (χ0) is 9.68. The third-order valence-electron chi connectivity index (χ3n) is 1.85. The number of aliphatic hydroxyl groups is 1. The molecule has 0 aliphatic rings. The van der Waals surface area contributed by atoms with Gasteiger partial charge in [-0.05, 0) is 11.1 Å². The van der Waals surface area contributed by atoms with Gasteiger partial charge in [0.1, 0.15) is 5.78 Å². The molecule has 0 aliphatic carbocycles. The van der Waals surface area contributed by atoms with Crippen molar-refractivity contribution in [2.75, 3.05) is 5.75 Å². The molecule has 0 aliphatic heterocycles. The van der Waals surface area contributed by atoms with Crippen LogP contribution in [-0.4, -0.2) is 16.6 Å². The van der Waals surface area contributed by atoms with E-state index in [9.17, 15) is 4.79 Å². The van der Waals surface area contributed by atoms with Gasteiger partial charge in [-0.15, -0.1) is 0 Å². The second-order valence-electron chi connectivity index (χ2n) is 2.80. The fraction of sp³-hybridized carbons (Fsp3) is 0.300. The van der Waals surface area contributed by atoms with E-state index >= 15 is 0 Å². The lowest BCUT2D eigenvalue weighted by Crippen LogP contribution is -2.06. The predicted octanol–water partition coefficient (Wildman–Crippen LogP) is 1.22. The van der Waals surface area contributed by atoms with Gasteiger partial charge in [-0.25, -0.2) is 0 Å². The van der Waals surface area contributed by atoms with Crippen LogP contribution in [-0.2, 0) is 17.8 Å². The Balaban J connectivity index is 2.81. The highest BCUT2D eigenvalue weighted by Gasteiger charge is 2.04. The van der Waals surface area contributed by atoms with Crippen molar-refractivity contribution in [3.05, 3.63) is 35.4 Å². The average Bonchev–Trinajstić information content (AvgIpc) is 2.18. The van der Waals surface area contributed by atoms with Crippen LogP contribution < -0.4 is 0 Å². The first-order chi connectivity index (χ1) is 6.27. The van der Waals surface area contributed by atoms with Gasteiger partial charge in [-0.1, -0.05) is 24.3 Å². The van der Waals surface area contributed by atoms with E-state index in [4.69, 9.17) is 5.11 Å². The van der Waals surface area contributed by atoms with Gasteiger partial charge >= 0.3 is 0 Å². The minimum Gasteiger partial charge on any atom is -0.392 e. The SMILES string of the molecule is O=C(CS)Cc1ccccc1CO. The molecule has 0 saturated heterocycles. The van der Waals surface area contributed by atoms with Gasteiger partial charge in [-0.2, -0.15) is 12.6 Å². The highest BCUT2D eigenvalue weighted by molar-refractivity contribution is 7.81. The van der Waals surface area contributed by atoms with E-state index in [1.54, 1.807) is 0 Å². The number of carbonyl (C=O) groups is 1. The van der Waals surface area contributed by atoms with Gasteiger partial charge in [0.05, 0.1) is 6.61 Å². The van der Waals surface area contributed by atoms with Crippen LogP contribution in [0.2, 0.25) is 0 Å². The van der Waals surface area contributed by atoms with Crippen molar-refractivity contribution >= 4 is 18.4 Å². The molecule has 0 bridgehead atoms. The minimum absolute atomic E-state index is 0.0178. The minimum atomic E-state index is -0.0178. The van der Waals surface area contributed by atoms with Gasteiger partial charge in [0, 0.05) is 12.2 Å². The molecule has 0 spiro atoms. The maximum Gasteiger partial charge on any atom is 0.146 e. The third kappa shape index (κ3) is 2.86. The third-order valence-corrected chi connectivity index (χ3v) is 2.21. The standard InChI is InChI=1S/C10H12O2S/c11-6-9-4-2-1-3-8(9)5-10(12)7-13/h1-4,11,13H,5-7H2. The number of aliphatic hydroxyl groups excluding tert-OH is 1. The lowest BCUT2D eigenvalue weighted by molar-refractivity contribution is -0.115. The predicted molar refractivity (Wildman–Crippen MR) is 54.9 cm³/mol. The lowest BCUT2D eigenvalue weighted by Gasteiger charge is -2.04. The molecule has 1 N–H and O–H groups in total. The monoisotopic (exact) mass is 196 g/mol. The highest BCUT2D eigenvalue weighted by Crippen LogP contribution is 2.09. The number of hydrogen-bond acceptors (Lipinski definition) is 3. The first kappa shape index (κ1) is 10.3. The first-order valence-corrected chi connectivity index (χ1v) is 4.71. The van der Waals surface area contributed by atoms with E-state index in [1.165, 1.54) is 0 Å². The molecule has 1 aromatic carbocycles. The van der Waals surface area contributed by atoms with Crippen LogP contribution in [0.25, 0.3) is 0 Å². The summed E-state index contributed by atoms with van der Waals surface area (Å²) in [6.07, 6.45) is 0.361. The second-order valence-corrected chi connectivity index (χ2v) is 3.12. The molecule has 2 nitrogen and oxygen atoms in total. The van der Waals surface area contributed by atoms with E-state index in [-0.39, 0.29) is 18.1 Å². The molecular weight excluding hydrogens is 184 g/mol. The fourth-order valence-electron chi connectivity index (χ4n) is 1.15. The molecule has 1 rings (SSSR count). The second kappa shape index (κ2) is 5.04. The van der Waals surface area contributed by atoms with Crippen molar-refractivity contribution in [1.29, 1.82) is 0 Å². The normalized spacial score (nSPS) is 10.0. The molecular formula is C10H12O2S. The summed E-state index contributed by atoms with van der Waals surface area (Å²) < 4.78 is 0. The zero-order valence-corrected chi connectivity index (χ0v) is 8.13. The molecule has 3 heteroatoms. The number of rotatable bonds is 4. The van der Waals surface area contributed by atoms with E-state index in [1.807, 2.05) is 24.3 Å². The summed E-state index contributed by atoms with van der Waals surface area (Å²) in [6, 6.07) is 7.38. The first-order valence-electron chi connectivity index (χ1n) is 4.08. The van der Waals surface area contributed by atoms with Crippen molar-refractivity contribution in [1.82, 2.24) is 0 Å². The maximum atomic E-state index is 11.1. The Morgan fingerprint density at radius 3 is 2.46 bits per heavy atom. The van der Waals surface area contributed by atoms with Crippen LogP contribution in [0.4, 0.5) is 0 Å². The van der Waals surface area contributed by atoms with Crippen molar-refractivity contribution < 1.29 is 9.90 Å². The molecule has 0 fully saturated rings. The fourth-order valence-corrected chi connectivity index (χ4v) is 1.26. The molecule has 0 atom stereocenters. The Morgan fingerprint density at radius 2 is 1.92 bits per heavy atom. The summed E-state index contributed by atoms with van der Waals surface area (Å²) in [5.41, 5.74) is 1.71. The van der Waals surface area contributed by atoms with Gasteiger partial charge in [0.15, 0.2) is 0 Å². The van der Waals surface area contributed by atoms with Crippen LogP contribution in [0.3, 0.4) is 0 Å². The van der Waals surface area contributed by atoms with Crippen molar-refractivity contribution in [3.63, 3.8) is 0 Å². The Morgan fingerprint density at radius 1 is 1.31 bits per heavy atom. The summed E-state index contributed by atoms with van der Waals surface area (Å²) in [4.78, 5) is 11.1. The molecule has 13 heavy (non-hydrogen) atoms. The van der Waals surface area contributed by atoms with E-state index in [0.29, 0.717) is 6.42 Å². The highest BCUT2D eigenvalue weighted by atomic mass is 32.1. The van der Waals surface area contributed by atoms with Gasteiger partial charge in [-0.3, -0.25) is 4.79 Å². The number of thiol groups is 1. The van der Waals surface area contributed by atoms with E-state index < -0.39 is 0 Å². The summed E-state index contributed by atoms with van der Waals surface area (Å²) in [6.45, 7) is -0.0178. The molecule has 0 aromatic heterocycles. The van der Waals surface area contributed by atoms with Crippen LogP contribution in [0.15, 0.2) is 24.3 Å². The lowest BCUT2D eigenvalue weighted by atomic mass is 10.0. The summed E-state index contributed by atoms with van der Waals surface area (Å²) in [5, 5.41) is 8.97. The summed E-state index contributed by atoms with van der Waals surface area (Å²) in [5.74, 6) is 0.323. The Bertz CT molecular complexity index is 297. The molecule has 0 amide bonds. The number of benzene rings is 1. The smallest absolute Gasteiger partial charge is 0.146 e. The number of carbonyl (C=O) groups excluding carboxylic acids is 1. The van der Waals surface area contributed by atoms with Crippen LogP contribution in [0.5, 0.6) is 0 Å². The molecule has 0 radical (unpaired) electrons. The van der Waals surface area contributed by atoms with Gasteiger partial charge < -0.3 is 5.11 Å². The quantitative estimate of drug-likeness (QED) is 0.710. The topological polar surface area (TPSA) is 37.3 Å². The molecule has 1 aromatic rings. The molecule has 0 heterocycles. The van der Waals surface area contributed by atoms with E-state index in [0.717, 1.165) is 11.1 Å². The van der Waals surface area contributed by atoms with Crippen LogP contribution in [0.1, 0.15) is 11.1 Å². The number of ketones is 1. The number of hydrogen-bond donors (Lipinski definition) is 2.